The maximum Gasteiger partial charge on any atom is 0.494 e. The van der Waals surface area contributed by atoms with Crippen LogP contribution in [0.1, 0.15) is 128 Å². The molecular formula is C28H46F2O3P+. The number of benzene rings is 1. The van der Waals surface area contributed by atoms with Crippen molar-refractivity contribution < 1.29 is 22.6 Å². The maximum absolute atomic E-state index is 14.8. The smallest absolute Gasteiger partial charge is 0.490 e. The maximum atomic E-state index is 14.8. The van der Waals surface area contributed by atoms with Gasteiger partial charge in [0.1, 0.15) is 6.61 Å². The van der Waals surface area contributed by atoms with Gasteiger partial charge in [-0.1, -0.05) is 83.6 Å². The highest BCUT2D eigenvalue weighted by atomic mass is 31.1. The Labute approximate surface area is 207 Å². The lowest BCUT2D eigenvalue weighted by molar-refractivity contribution is 0.279. The van der Waals surface area contributed by atoms with Crippen LogP contribution in [0.3, 0.4) is 0 Å². The molecule has 0 saturated heterocycles. The highest BCUT2D eigenvalue weighted by Crippen LogP contribution is 2.40. The Morgan fingerprint density at radius 3 is 2.03 bits per heavy atom. The van der Waals surface area contributed by atoms with Gasteiger partial charge in [0.25, 0.3) is 0 Å². The Balaban J connectivity index is 1.58. The van der Waals surface area contributed by atoms with Crippen molar-refractivity contribution in [2.45, 2.75) is 122 Å². The number of hydrogen-bond donors (Lipinski definition) is 0. The van der Waals surface area contributed by atoms with Crippen molar-refractivity contribution in [2.75, 3.05) is 13.2 Å². The lowest BCUT2D eigenvalue weighted by atomic mass is 9.77. The summed E-state index contributed by atoms with van der Waals surface area (Å²) in [6.45, 7) is 3.25. The van der Waals surface area contributed by atoms with Crippen LogP contribution in [0.5, 0.6) is 5.75 Å². The van der Waals surface area contributed by atoms with E-state index < -0.39 is 20.3 Å². The van der Waals surface area contributed by atoms with Crippen molar-refractivity contribution in [3.05, 3.63) is 29.3 Å². The summed E-state index contributed by atoms with van der Waals surface area (Å²) < 4.78 is 50.0. The Bertz CT molecular complexity index is 678. The van der Waals surface area contributed by atoms with Gasteiger partial charge in [0.2, 0.25) is 5.82 Å². The first-order valence-corrected chi connectivity index (χ1v) is 14.6. The molecule has 1 aromatic rings. The third-order valence-corrected chi connectivity index (χ3v) is 7.61. The fourth-order valence-corrected chi connectivity index (χ4v) is 5.38. The normalized spacial score (nSPS) is 18.4. The summed E-state index contributed by atoms with van der Waals surface area (Å²) in [6, 6.07) is 3.38. The third-order valence-electron chi connectivity index (χ3n) is 7.29. The molecule has 0 amide bonds. The van der Waals surface area contributed by atoms with Gasteiger partial charge in [-0.3, -0.25) is 0 Å². The first-order chi connectivity index (χ1) is 16.7. The number of unbranched alkanes of at least 4 members (excludes halogenated alkanes) is 10. The molecule has 1 unspecified atom stereocenters. The minimum absolute atomic E-state index is 0.0518. The third kappa shape index (κ3) is 11.1. The fraction of sp³-hybridized carbons (Fsp3) is 0.786. The van der Waals surface area contributed by atoms with Crippen molar-refractivity contribution in [3.8, 4) is 5.75 Å². The number of hydrogen-bond acceptors (Lipinski definition) is 3. The SMILES string of the molecule is CCCCCC1CCC(c2ccc(OCCCCCCCCCCCO[PH+]=O)c(F)c2F)CC1. The minimum atomic E-state index is -0.816. The lowest BCUT2D eigenvalue weighted by Crippen LogP contribution is -2.15. The molecule has 194 valence electrons. The van der Waals surface area contributed by atoms with E-state index in [0.717, 1.165) is 63.7 Å². The van der Waals surface area contributed by atoms with Crippen LogP contribution in [0.25, 0.3) is 0 Å². The monoisotopic (exact) mass is 499 g/mol. The first-order valence-electron chi connectivity index (χ1n) is 13.8. The highest BCUT2D eigenvalue weighted by molar-refractivity contribution is 7.17. The quantitative estimate of drug-likeness (QED) is 0.140. The zero-order chi connectivity index (χ0) is 24.4. The highest BCUT2D eigenvalue weighted by Gasteiger charge is 2.26. The molecule has 0 aromatic heterocycles. The Morgan fingerprint density at radius 1 is 0.794 bits per heavy atom. The second-order valence-electron chi connectivity index (χ2n) is 9.96. The Kier molecular flexibility index (Phi) is 15.7. The summed E-state index contributed by atoms with van der Waals surface area (Å²) in [6.07, 6.45) is 19.3. The molecule has 1 atom stereocenters. The summed E-state index contributed by atoms with van der Waals surface area (Å²) in [5.74, 6) is -0.571. The van der Waals surface area contributed by atoms with Crippen LogP contribution in [-0.4, -0.2) is 13.2 Å². The van der Waals surface area contributed by atoms with Crippen LogP contribution >= 0.6 is 8.69 Å². The van der Waals surface area contributed by atoms with Crippen molar-refractivity contribution in [1.82, 2.24) is 0 Å². The predicted molar refractivity (Wildman–Crippen MR) is 137 cm³/mol. The van der Waals surface area contributed by atoms with Crippen molar-refractivity contribution in [2.24, 2.45) is 5.92 Å². The second kappa shape index (κ2) is 18.2. The van der Waals surface area contributed by atoms with E-state index in [1.54, 1.807) is 12.1 Å². The van der Waals surface area contributed by atoms with Crippen molar-refractivity contribution in [3.63, 3.8) is 0 Å². The van der Waals surface area contributed by atoms with Crippen LogP contribution in [0.15, 0.2) is 12.1 Å². The van der Waals surface area contributed by atoms with Gasteiger partial charge in [-0.25, -0.2) is 4.39 Å². The largest absolute Gasteiger partial charge is 0.494 e. The lowest BCUT2D eigenvalue weighted by Gasteiger charge is -2.29. The average Bonchev–Trinajstić information content (AvgIpc) is 2.85. The van der Waals surface area contributed by atoms with Crippen molar-refractivity contribution >= 4 is 8.69 Å². The summed E-state index contributed by atoms with van der Waals surface area (Å²) in [5.41, 5.74) is 0.537. The fourth-order valence-electron chi connectivity index (χ4n) is 5.16. The van der Waals surface area contributed by atoms with E-state index in [1.807, 2.05) is 0 Å². The molecule has 3 nitrogen and oxygen atoms in total. The van der Waals surface area contributed by atoms with Gasteiger partial charge in [-0.05, 0) is 66.6 Å². The molecule has 1 aliphatic rings. The van der Waals surface area contributed by atoms with Gasteiger partial charge in [-0.2, -0.15) is 4.39 Å². The number of halogens is 2. The van der Waals surface area contributed by atoms with Crippen LogP contribution < -0.4 is 4.74 Å². The van der Waals surface area contributed by atoms with E-state index in [2.05, 4.69) is 6.92 Å². The summed E-state index contributed by atoms with van der Waals surface area (Å²) in [5, 5.41) is 0. The first kappa shape index (κ1) is 29.2. The molecule has 0 heterocycles. The molecule has 0 N–H and O–H groups in total. The van der Waals surface area contributed by atoms with Gasteiger partial charge < -0.3 is 4.74 Å². The van der Waals surface area contributed by atoms with Crippen LogP contribution in [0, 0.1) is 17.6 Å². The number of rotatable bonds is 19. The molecule has 0 spiro atoms. The summed E-state index contributed by atoms with van der Waals surface area (Å²) in [4.78, 5) is 0. The summed E-state index contributed by atoms with van der Waals surface area (Å²) >= 11 is 0. The molecule has 0 bridgehead atoms. The molecule has 0 aliphatic heterocycles. The minimum Gasteiger partial charge on any atom is -0.490 e. The molecule has 2 rings (SSSR count). The Hall–Kier alpha value is -1.06. The van der Waals surface area contributed by atoms with Gasteiger partial charge >= 0.3 is 8.69 Å². The molecular weight excluding hydrogens is 453 g/mol. The zero-order valence-electron chi connectivity index (χ0n) is 21.2. The van der Waals surface area contributed by atoms with Crippen LogP contribution in [0.2, 0.25) is 0 Å². The van der Waals surface area contributed by atoms with E-state index in [1.165, 1.54) is 51.4 Å². The molecule has 1 aromatic carbocycles. The van der Waals surface area contributed by atoms with E-state index >= 15 is 0 Å². The zero-order valence-corrected chi connectivity index (χ0v) is 22.2. The molecule has 34 heavy (non-hydrogen) atoms. The molecule has 1 saturated carbocycles. The van der Waals surface area contributed by atoms with E-state index in [-0.39, 0.29) is 11.7 Å². The molecule has 1 aliphatic carbocycles. The van der Waals surface area contributed by atoms with E-state index in [0.29, 0.717) is 18.8 Å². The average molecular weight is 500 g/mol. The van der Waals surface area contributed by atoms with Crippen LogP contribution in [-0.2, 0) is 9.09 Å². The predicted octanol–water partition coefficient (Wildman–Crippen LogP) is 9.66. The molecule has 1 fully saturated rings. The molecule has 6 heteroatoms. The standard InChI is InChI=1S/C28H46F2O3P/c1-2-3-11-14-23-15-17-24(18-16-23)25-19-20-26(28(30)27(25)29)32-21-12-9-7-5-4-6-8-10-13-22-33-34-31/h19-20,23-24,34H,2-18,21-22H2,1H3/q+1. The van der Waals surface area contributed by atoms with Gasteiger partial charge in [0, 0.05) is 0 Å². The number of ether oxygens (including phenoxy) is 1. The Morgan fingerprint density at radius 2 is 1.41 bits per heavy atom. The molecule has 0 radical (unpaired) electrons. The topological polar surface area (TPSA) is 35.5 Å². The van der Waals surface area contributed by atoms with E-state index in [4.69, 9.17) is 9.26 Å². The van der Waals surface area contributed by atoms with E-state index in [9.17, 15) is 13.3 Å². The van der Waals surface area contributed by atoms with Crippen molar-refractivity contribution in [1.29, 1.82) is 0 Å². The van der Waals surface area contributed by atoms with Gasteiger partial charge in [-0.15, -0.1) is 4.52 Å². The summed E-state index contributed by atoms with van der Waals surface area (Å²) in [7, 11) is -0.642. The van der Waals surface area contributed by atoms with Crippen LogP contribution in [0.4, 0.5) is 8.78 Å². The van der Waals surface area contributed by atoms with Gasteiger partial charge in [0.05, 0.1) is 6.61 Å². The second-order valence-corrected chi connectivity index (χ2v) is 10.4. The van der Waals surface area contributed by atoms with Gasteiger partial charge in [0.15, 0.2) is 11.6 Å².